The lowest BCUT2D eigenvalue weighted by molar-refractivity contribution is -0.146. The standard InChI is InChI=1S/C28H46N4O6/c1-21(2)5-11-27(33)35-19-25-10-8-24(38-25)18-31-15-16-32-22(3)6-12-28(34)36-20-26-9-7-23(37-26)17-30-14-13-29-4/h7-10,21-22,29-32H,5-6,11-20H2,1-4H3. The highest BCUT2D eigenvalue weighted by Crippen LogP contribution is 2.12. The molecule has 0 amide bonds. The van der Waals surface area contributed by atoms with Gasteiger partial charge in [0.2, 0.25) is 0 Å². The van der Waals surface area contributed by atoms with Crippen LogP contribution in [0.25, 0.3) is 0 Å². The fourth-order valence-corrected chi connectivity index (χ4v) is 3.52. The van der Waals surface area contributed by atoms with Gasteiger partial charge in [0, 0.05) is 45.1 Å². The van der Waals surface area contributed by atoms with Crippen molar-refractivity contribution in [2.75, 3.05) is 33.2 Å². The Morgan fingerprint density at radius 3 is 1.76 bits per heavy atom. The van der Waals surface area contributed by atoms with Crippen molar-refractivity contribution in [3.8, 4) is 0 Å². The van der Waals surface area contributed by atoms with Crippen molar-refractivity contribution in [3.63, 3.8) is 0 Å². The number of likely N-dealkylation sites (N-methyl/N-ethyl adjacent to an activating group) is 1. The molecule has 10 nitrogen and oxygen atoms in total. The molecule has 2 aromatic rings. The molecule has 0 aliphatic heterocycles. The van der Waals surface area contributed by atoms with Crippen LogP contribution in [-0.4, -0.2) is 51.2 Å². The van der Waals surface area contributed by atoms with Crippen LogP contribution in [0.2, 0.25) is 0 Å². The minimum atomic E-state index is -0.235. The topological polar surface area (TPSA) is 127 Å². The minimum Gasteiger partial charge on any atom is -0.461 e. The fraction of sp³-hybridized carbons (Fsp3) is 0.643. The Labute approximate surface area is 226 Å². The first kappa shape index (κ1) is 31.6. The van der Waals surface area contributed by atoms with Crippen molar-refractivity contribution in [1.82, 2.24) is 21.3 Å². The van der Waals surface area contributed by atoms with Gasteiger partial charge in [-0.25, -0.2) is 0 Å². The molecule has 2 aromatic heterocycles. The molecule has 1 atom stereocenters. The van der Waals surface area contributed by atoms with E-state index in [1.165, 1.54) is 0 Å². The van der Waals surface area contributed by atoms with E-state index >= 15 is 0 Å². The van der Waals surface area contributed by atoms with Crippen molar-refractivity contribution in [3.05, 3.63) is 47.3 Å². The molecular weight excluding hydrogens is 488 g/mol. The largest absolute Gasteiger partial charge is 0.461 e. The average molecular weight is 535 g/mol. The smallest absolute Gasteiger partial charge is 0.306 e. The van der Waals surface area contributed by atoms with Gasteiger partial charge in [-0.3, -0.25) is 9.59 Å². The van der Waals surface area contributed by atoms with Gasteiger partial charge < -0.3 is 39.6 Å². The summed E-state index contributed by atoms with van der Waals surface area (Å²) in [6.07, 6.45) is 2.29. The molecule has 4 N–H and O–H groups in total. The summed E-state index contributed by atoms with van der Waals surface area (Å²) in [5.74, 6) is 2.95. The summed E-state index contributed by atoms with van der Waals surface area (Å²) < 4.78 is 22.0. The van der Waals surface area contributed by atoms with E-state index in [0.29, 0.717) is 49.8 Å². The highest BCUT2D eigenvalue weighted by atomic mass is 16.5. The van der Waals surface area contributed by atoms with Gasteiger partial charge in [-0.2, -0.15) is 0 Å². The number of carbonyl (C=O) groups excluding carboxylic acids is 2. The highest BCUT2D eigenvalue weighted by Gasteiger charge is 2.10. The molecule has 0 radical (unpaired) electrons. The lowest BCUT2D eigenvalue weighted by atomic mass is 10.1. The van der Waals surface area contributed by atoms with Crippen molar-refractivity contribution in [2.24, 2.45) is 5.92 Å². The zero-order valence-corrected chi connectivity index (χ0v) is 23.4. The first-order valence-corrected chi connectivity index (χ1v) is 13.6. The predicted octanol–water partition coefficient (Wildman–Crippen LogP) is 3.25. The lowest BCUT2D eigenvalue weighted by Crippen LogP contribution is -2.33. The van der Waals surface area contributed by atoms with Crippen molar-refractivity contribution in [2.45, 2.75) is 78.8 Å². The number of carbonyl (C=O) groups is 2. The number of esters is 2. The third kappa shape index (κ3) is 14.3. The fourth-order valence-electron chi connectivity index (χ4n) is 3.52. The van der Waals surface area contributed by atoms with E-state index in [2.05, 4.69) is 42.0 Å². The molecule has 0 saturated carbocycles. The molecule has 0 aromatic carbocycles. The van der Waals surface area contributed by atoms with E-state index in [9.17, 15) is 9.59 Å². The second kappa shape index (κ2) is 18.6. The van der Waals surface area contributed by atoms with Crippen LogP contribution in [0.1, 0.15) is 69.5 Å². The molecule has 0 spiro atoms. The van der Waals surface area contributed by atoms with Crippen LogP contribution in [0.4, 0.5) is 0 Å². The minimum absolute atomic E-state index is 0.149. The SMILES string of the molecule is CNCCNCc1ccc(COC(=O)CCC(C)NCCNCc2ccc(COC(=O)CCC(C)C)o2)o1. The second-order valence-electron chi connectivity index (χ2n) is 9.84. The van der Waals surface area contributed by atoms with E-state index in [4.69, 9.17) is 18.3 Å². The van der Waals surface area contributed by atoms with Crippen LogP contribution in [0.15, 0.2) is 33.1 Å². The van der Waals surface area contributed by atoms with Crippen LogP contribution >= 0.6 is 0 Å². The second-order valence-corrected chi connectivity index (χ2v) is 9.84. The quantitative estimate of drug-likeness (QED) is 0.140. The highest BCUT2D eigenvalue weighted by molar-refractivity contribution is 5.69. The molecule has 10 heteroatoms. The Morgan fingerprint density at radius 1 is 0.737 bits per heavy atom. The van der Waals surface area contributed by atoms with Gasteiger partial charge in [0.15, 0.2) is 0 Å². The summed E-state index contributed by atoms with van der Waals surface area (Å²) in [4.78, 5) is 23.8. The van der Waals surface area contributed by atoms with Gasteiger partial charge >= 0.3 is 11.9 Å². The van der Waals surface area contributed by atoms with Crippen LogP contribution in [0.5, 0.6) is 0 Å². The van der Waals surface area contributed by atoms with E-state index in [-0.39, 0.29) is 31.2 Å². The van der Waals surface area contributed by atoms with Gasteiger partial charge in [0.25, 0.3) is 0 Å². The Morgan fingerprint density at radius 2 is 1.24 bits per heavy atom. The van der Waals surface area contributed by atoms with Crippen LogP contribution in [-0.2, 0) is 45.4 Å². The van der Waals surface area contributed by atoms with Gasteiger partial charge in [0.1, 0.15) is 36.3 Å². The Bertz CT molecular complexity index is 926. The van der Waals surface area contributed by atoms with Gasteiger partial charge in [-0.05, 0) is 57.0 Å². The van der Waals surface area contributed by atoms with Crippen LogP contribution in [0, 0.1) is 5.92 Å². The molecule has 2 rings (SSSR count). The number of nitrogens with one attached hydrogen (secondary N) is 4. The summed E-state index contributed by atoms with van der Waals surface area (Å²) in [6, 6.07) is 7.64. The summed E-state index contributed by atoms with van der Waals surface area (Å²) in [7, 11) is 1.91. The molecule has 0 fully saturated rings. The number of ether oxygens (including phenoxy) is 2. The number of rotatable bonds is 21. The Kier molecular flexibility index (Phi) is 15.4. The summed E-state index contributed by atoms with van der Waals surface area (Å²) >= 11 is 0. The Hall–Kier alpha value is -2.66. The third-order valence-electron chi connectivity index (χ3n) is 5.84. The molecule has 1 unspecified atom stereocenters. The maximum Gasteiger partial charge on any atom is 0.306 e. The van der Waals surface area contributed by atoms with Gasteiger partial charge in [0.05, 0.1) is 13.1 Å². The number of hydrogen-bond donors (Lipinski definition) is 4. The van der Waals surface area contributed by atoms with Crippen LogP contribution < -0.4 is 21.3 Å². The van der Waals surface area contributed by atoms with Gasteiger partial charge in [-0.15, -0.1) is 0 Å². The van der Waals surface area contributed by atoms with Gasteiger partial charge in [-0.1, -0.05) is 13.8 Å². The summed E-state index contributed by atoms with van der Waals surface area (Å²) in [5, 5.41) is 13.1. The molecule has 0 aliphatic rings. The predicted molar refractivity (Wildman–Crippen MR) is 145 cm³/mol. The van der Waals surface area contributed by atoms with Crippen molar-refractivity contribution >= 4 is 11.9 Å². The zero-order valence-electron chi connectivity index (χ0n) is 23.4. The molecule has 0 saturated heterocycles. The Balaban J connectivity index is 1.49. The lowest BCUT2D eigenvalue weighted by Gasteiger charge is -2.13. The summed E-state index contributed by atoms with van der Waals surface area (Å²) in [5.41, 5.74) is 0. The monoisotopic (exact) mass is 534 g/mol. The third-order valence-corrected chi connectivity index (χ3v) is 5.84. The normalized spacial score (nSPS) is 12.1. The van der Waals surface area contributed by atoms with E-state index in [1.54, 1.807) is 0 Å². The maximum absolute atomic E-state index is 12.1. The van der Waals surface area contributed by atoms with E-state index < -0.39 is 0 Å². The summed E-state index contributed by atoms with van der Waals surface area (Å²) in [6.45, 7) is 11.0. The van der Waals surface area contributed by atoms with Crippen molar-refractivity contribution in [1.29, 1.82) is 0 Å². The molecule has 0 aliphatic carbocycles. The molecule has 38 heavy (non-hydrogen) atoms. The first-order chi connectivity index (χ1) is 18.4. The van der Waals surface area contributed by atoms with E-state index in [0.717, 1.165) is 44.1 Å². The first-order valence-electron chi connectivity index (χ1n) is 13.6. The maximum atomic E-state index is 12.1. The molecule has 2 heterocycles. The molecule has 0 bridgehead atoms. The molecule has 214 valence electrons. The molecular formula is C28H46N4O6. The van der Waals surface area contributed by atoms with Crippen LogP contribution in [0.3, 0.4) is 0 Å². The number of furan rings is 2. The number of hydrogen-bond acceptors (Lipinski definition) is 10. The van der Waals surface area contributed by atoms with E-state index in [1.807, 2.05) is 31.3 Å². The van der Waals surface area contributed by atoms with Crippen molar-refractivity contribution < 1.29 is 27.9 Å². The zero-order chi connectivity index (χ0) is 27.6. The average Bonchev–Trinajstić information content (AvgIpc) is 3.55.